The Morgan fingerprint density at radius 2 is 2.03 bits per heavy atom. The first-order chi connectivity index (χ1) is 13.7. The second-order valence-electron chi connectivity index (χ2n) is 8.55. The maximum atomic E-state index is 13.1. The molecular weight excluding hydrogens is 516 g/mol. The number of halogens is 2. The van der Waals surface area contributed by atoms with Gasteiger partial charge in [0.2, 0.25) is 0 Å². The topological polar surface area (TPSA) is 50.4 Å². The minimum Gasteiger partial charge on any atom is -0.495 e. The molecule has 2 aromatic rings. The number of hydrogen-bond acceptors (Lipinski definition) is 4. The molecule has 156 valence electrons. The number of carbonyl (C=O) groups excluding carboxylic acids is 1. The lowest BCUT2D eigenvalue weighted by Crippen LogP contribution is -2.38. The van der Waals surface area contributed by atoms with Crippen LogP contribution in [-0.4, -0.2) is 13.0 Å². The molecule has 0 unspecified atom stereocenters. The Kier molecular flexibility index (Phi) is 5.77. The van der Waals surface area contributed by atoms with Crippen LogP contribution in [0, 0.1) is 11.3 Å². The number of amides is 1. The van der Waals surface area contributed by atoms with Crippen molar-refractivity contribution in [2.75, 3.05) is 12.4 Å². The Morgan fingerprint density at radius 3 is 2.72 bits per heavy atom. The zero-order valence-electron chi connectivity index (χ0n) is 17.1. The van der Waals surface area contributed by atoms with E-state index in [0.29, 0.717) is 11.3 Å². The molecule has 2 N–H and O–H groups in total. The quantitative estimate of drug-likeness (QED) is 0.454. The fourth-order valence-electron chi connectivity index (χ4n) is 4.42. The number of ether oxygens (including phenoxy) is 1. The Morgan fingerprint density at radius 1 is 1.28 bits per heavy atom. The Hall–Kier alpha value is -1.05. The van der Waals surface area contributed by atoms with Gasteiger partial charge in [-0.3, -0.25) is 4.79 Å². The maximum Gasteiger partial charge on any atom is 0.256 e. The second-order valence-corrected chi connectivity index (χ2v) is 11.4. The molecule has 1 aliphatic heterocycles. The van der Waals surface area contributed by atoms with Crippen molar-refractivity contribution in [3.63, 3.8) is 0 Å². The third-order valence-corrected chi connectivity index (χ3v) is 8.84. The molecule has 1 amide bonds. The molecule has 2 atom stereocenters. The highest BCUT2D eigenvalue weighted by Crippen LogP contribution is 2.47. The van der Waals surface area contributed by atoms with Crippen LogP contribution in [0.3, 0.4) is 0 Å². The zero-order valence-corrected chi connectivity index (χ0v) is 21.1. The van der Waals surface area contributed by atoms with Crippen LogP contribution >= 0.6 is 43.2 Å². The van der Waals surface area contributed by atoms with Crippen LogP contribution in [0.25, 0.3) is 0 Å². The van der Waals surface area contributed by atoms with E-state index in [4.69, 9.17) is 4.74 Å². The molecule has 0 fully saturated rings. The molecule has 0 bridgehead atoms. The molecular formula is C22H26Br2N2O2S. The van der Waals surface area contributed by atoms with Gasteiger partial charge in [-0.15, -0.1) is 11.3 Å². The second kappa shape index (κ2) is 7.89. The molecule has 0 saturated carbocycles. The first kappa shape index (κ1) is 21.2. The summed E-state index contributed by atoms with van der Waals surface area (Å²) in [5.74, 6) is 1.40. The fourth-order valence-corrected chi connectivity index (χ4v) is 7.19. The number of methoxy groups -OCH3 is 1. The van der Waals surface area contributed by atoms with E-state index < -0.39 is 0 Å². The van der Waals surface area contributed by atoms with Gasteiger partial charge in [0, 0.05) is 14.9 Å². The molecule has 2 aliphatic rings. The lowest BCUT2D eigenvalue weighted by molar-refractivity contribution is 0.0934. The standard InChI is InChI=1S/C22H26Br2N2O2S/c1-5-22(2,3)11-6-7-13-16(8-11)29-21-17(13)20(27)25-19(26-21)14-9-12(23)10-15(24)18(14)28-4/h9-11,19,26H,5-8H2,1-4H3,(H,25,27)/t11-,19+/m1/s1. The number of anilines is 1. The van der Waals surface area contributed by atoms with Crippen molar-refractivity contribution in [1.82, 2.24) is 5.32 Å². The van der Waals surface area contributed by atoms with Crippen molar-refractivity contribution in [3.8, 4) is 5.75 Å². The molecule has 0 spiro atoms. The monoisotopic (exact) mass is 540 g/mol. The maximum absolute atomic E-state index is 13.1. The highest BCUT2D eigenvalue weighted by Gasteiger charge is 2.38. The molecule has 7 heteroatoms. The van der Waals surface area contributed by atoms with E-state index >= 15 is 0 Å². The smallest absolute Gasteiger partial charge is 0.256 e. The van der Waals surface area contributed by atoms with E-state index in [1.54, 1.807) is 18.4 Å². The average Bonchev–Trinajstić information content (AvgIpc) is 3.05. The van der Waals surface area contributed by atoms with Crippen molar-refractivity contribution in [2.24, 2.45) is 11.3 Å². The first-order valence-electron chi connectivity index (χ1n) is 10.00. The fraction of sp³-hybridized carbons (Fsp3) is 0.500. The largest absolute Gasteiger partial charge is 0.495 e. The number of fused-ring (bicyclic) bond motifs is 3. The Labute approximate surface area is 193 Å². The van der Waals surface area contributed by atoms with Gasteiger partial charge in [0.15, 0.2) is 0 Å². The lowest BCUT2D eigenvalue weighted by Gasteiger charge is -2.36. The number of hydrogen-bond donors (Lipinski definition) is 2. The van der Waals surface area contributed by atoms with Crippen LogP contribution in [0.5, 0.6) is 5.75 Å². The van der Waals surface area contributed by atoms with Crippen molar-refractivity contribution in [3.05, 3.63) is 42.6 Å². The van der Waals surface area contributed by atoms with E-state index in [1.165, 1.54) is 16.9 Å². The van der Waals surface area contributed by atoms with Gasteiger partial charge in [-0.05, 0) is 64.2 Å². The minimum atomic E-state index is -0.332. The molecule has 4 nitrogen and oxygen atoms in total. The van der Waals surface area contributed by atoms with Gasteiger partial charge < -0.3 is 15.4 Å². The van der Waals surface area contributed by atoms with Crippen LogP contribution in [0.2, 0.25) is 0 Å². The van der Waals surface area contributed by atoms with Crippen LogP contribution in [-0.2, 0) is 12.8 Å². The summed E-state index contributed by atoms with van der Waals surface area (Å²) < 4.78 is 7.37. The minimum absolute atomic E-state index is 0.00704. The van der Waals surface area contributed by atoms with Crippen molar-refractivity contribution >= 4 is 54.1 Å². The van der Waals surface area contributed by atoms with Gasteiger partial charge in [-0.2, -0.15) is 0 Å². The van der Waals surface area contributed by atoms with Gasteiger partial charge in [-0.25, -0.2) is 0 Å². The predicted octanol–water partition coefficient (Wildman–Crippen LogP) is 6.68. The number of rotatable bonds is 4. The predicted molar refractivity (Wildman–Crippen MR) is 126 cm³/mol. The van der Waals surface area contributed by atoms with E-state index in [2.05, 4.69) is 63.3 Å². The van der Waals surface area contributed by atoms with Gasteiger partial charge in [0.1, 0.15) is 16.9 Å². The summed E-state index contributed by atoms with van der Waals surface area (Å²) in [6, 6.07) is 3.93. The molecule has 4 rings (SSSR count). The molecule has 2 heterocycles. The summed E-state index contributed by atoms with van der Waals surface area (Å²) in [5.41, 5.74) is 3.32. The van der Waals surface area contributed by atoms with Crippen LogP contribution in [0.15, 0.2) is 21.1 Å². The number of thiophene rings is 1. The van der Waals surface area contributed by atoms with Crippen LogP contribution in [0.1, 0.15) is 66.1 Å². The normalized spacial score (nSPS) is 21.1. The van der Waals surface area contributed by atoms with E-state index in [-0.39, 0.29) is 12.1 Å². The third-order valence-electron chi connectivity index (χ3n) is 6.61. The molecule has 1 aromatic heterocycles. The first-order valence-corrected chi connectivity index (χ1v) is 12.4. The van der Waals surface area contributed by atoms with Crippen molar-refractivity contribution < 1.29 is 9.53 Å². The van der Waals surface area contributed by atoms with Crippen molar-refractivity contribution in [2.45, 2.75) is 52.6 Å². The average molecular weight is 542 g/mol. The van der Waals surface area contributed by atoms with Gasteiger partial charge in [0.25, 0.3) is 5.91 Å². The Bertz CT molecular complexity index is 970. The number of benzene rings is 1. The summed E-state index contributed by atoms with van der Waals surface area (Å²) >= 11 is 8.86. The van der Waals surface area contributed by atoms with Crippen LogP contribution < -0.4 is 15.4 Å². The summed E-state index contributed by atoms with van der Waals surface area (Å²) in [7, 11) is 1.65. The molecule has 0 saturated heterocycles. The Balaban J connectivity index is 1.68. The third kappa shape index (κ3) is 3.74. The van der Waals surface area contributed by atoms with Gasteiger partial charge >= 0.3 is 0 Å². The van der Waals surface area contributed by atoms with E-state index in [9.17, 15) is 4.79 Å². The molecule has 0 radical (unpaired) electrons. The summed E-state index contributed by atoms with van der Waals surface area (Å²) in [6.45, 7) is 7.02. The summed E-state index contributed by atoms with van der Waals surface area (Å²) in [6.07, 6.45) is 4.05. The van der Waals surface area contributed by atoms with Crippen LogP contribution in [0.4, 0.5) is 5.00 Å². The number of nitrogens with one attached hydrogen (secondary N) is 2. The number of carbonyl (C=O) groups is 1. The van der Waals surface area contributed by atoms with Gasteiger partial charge in [-0.1, -0.05) is 43.1 Å². The van der Waals surface area contributed by atoms with E-state index in [0.717, 1.165) is 50.1 Å². The molecule has 1 aliphatic carbocycles. The lowest BCUT2D eigenvalue weighted by atomic mass is 9.69. The molecule has 29 heavy (non-hydrogen) atoms. The summed E-state index contributed by atoms with van der Waals surface area (Å²) in [5, 5.41) is 7.69. The zero-order chi connectivity index (χ0) is 20.9. The summed E-state index contributed by atoms with van der Waals surface area (Å²) in [4.78, 5) is 14.5. The highest BCUT2D eigenvalue weighted by atomic mass is 79.9. The SMILES string of the molecule is CCC(C)(C)[C@@H]1CCc2c(sc3c2C(=O)N[C@H](c2cc(Br)cc(Br)c2OC)N3)C1. The highest BCUT2D eigenvalue weighted by molar-refractivity contribution is 9.11. The van der Waals surface area contributed by atoms with Gasteiger partial charge in [0.05, 0.1) is 17.1 Å². The van der Waals surface area contributed by atoms with E-state index in [1.807, 2.05) is 12.1 Å². The molecule has 1 aromatic carbocycles. The van der Waals surface area contributed by atoms with Crippen molar-refractivity contribution in [1.29, 1.82) is 0 Å².